The van der Waals surface area contributed by atoms with E-state index in [2.05, 4.69) is 5.32 Å². The smallest absolute Gasteiger partial charge is 0.309 e. The molecule has 0 aliphatic carbocycles. The second kappa shape index (κ2) is 6.08. The molecule has 1 unspecified atom stereocenters. The third kappa shape index (κ3) is 3.39. The highest BCUT2D eigenvalue weighted by atomic mass is 35.5. The van der Waals surface area contributed by atoms with E-state index in [9.17, 15) is 13.2 Å². The molecule has 2 rings (SSSR count). The van der Waals surface area contributed by atoms with Gasteiger partial charge in [0.15, 0.2) is 0 Å². The summed E-state index contributed by atoms with van der Waals surface area (Å²) in [6.07, 6.45) is -4.36. The normalized spacial score (nSPS) is 13.2. The molecule has 0 bridgehead atoms. The van der Waals surface area contributed by atoms with Crippen LogP contribution in [0.3, 0.4) is 0 Å². The topological polar surface area (TPSA) is 12.0 Å². The Kier molecular flexibility index (Phi) is 4.59. The first-order valence-corrected chi connectivity index (χ1v) is 6.82. The third-order valence-electron chi connectivity index (χ3n) is 3.37. The molecule has 2 aromatic carbocycles. The van der Waals surface area contributed by atoms with Gasteiger partial charge in [-0.05, 0) is 42.8 Å². The molecule has 1 atom stereocenters. The van der Waals surface area contributed by atoms with Crippen molar-refractivity contribution in [3.63, 3.8) is 0 Å². The predicted molar refractivity (Wildman–Crippen MR) is 78.5 cm³/mol. The van der Waals surface area contributed by atoms with Gasteiger partial charge in [0.25, 0.3) is 0 Å². The van der Waals surface area contributed by atoms with Gasteiger partial charge in [-0.25, -0.2) is 0 Å². The number of alkyl halides is 3. The highest BCUT2D eigenvalue weighted by Crippen LogP contribution is 2.34. The van der Waals surface area contributed by atoms with Crippen LogP contribution in [-0.2, 0) is 6.18 Å². The summed E-state index contributed by atoms with van der Waals surface area (Å²) in [7, 11) is 1.70. The zero-order chi connectivity index (χ0) is 15.6. The standard InChI is InChI=1S/C16H15ClF3N/c1-10-5-3-8-13(14(10)17)15(21-2)11-6-4-7-12(9-11)16(18,19)20/h3-9,15,21H,1-2H3. The second-order valence-electron chi connectivity index (χ2n) is 4.82. The van der Waals surface area contributed by atoms with Crippen LogP contribution < -0.4 is 5.32 Å². The largest absolute Gasteiger partial charge is 0.416 e. The van der Waals surface area contributed by atoms with Gasteiger partial charge < -0.3 is 5.32 Å². The van der Waals surface area contributed by atoms with Gasteiger partial charge >= 0.3 is 6.18 Å². The molecule has 0 aliphatic heterocycles. The summed E-state index contributed by atoms with van der Waals surface area (Å²) in [4.78, 5) is 0. The Bertz CT molecular complexity index is 638. The minimum Gasteiger partial charge on any atom is -0.309 e. The van der Waals surface area contributed by atoms with E-state index in [4.69, 9.17) is 11.6 Å². The van der Waals surface area contributed by atoms with E-state index in [0.717, 1.165) is 23.3 Å². The van der Waals surface area contributed by atoms with Crippen molar-refractivity contribution in [1.29, 1.82) is 0 Å². The first-order chi connectivity index (χ1) is 9.84. The predicted octanol–water partition coefficient (Wildman–Crippen LogP) is 4.98. The minimum absolute atomic E-state index is 0.389. The fourth-order valence-electron chi connectivity index (χ4n) is 2.29. The monoisotopic (exact) mass is 313 g/mol. The fraction of sp³-hybridized carbons (Fsp3) is 0.250. The summed E-state index contributed by atoms with van der Waals surface area (Å²) >= 11 is 6.28. The van der Waals surface area contributed by atoms with Crippen molar-refractivity contribution < 1.29 is 13.2 Å². The Morgan fingerprint density at radius 1 is 1.10 bits per heavy atom. The molecular weight excluding hydrogens is 299 g/mol. The summed E-state index contributed by atoms with van der Waals surface area (Å²) < 4.78 is 38.5. The number of nitrogens with one attached hydrogen (secondary N) is 1. The summed E-state index contributed by atoms with van der Waals surface area (Å²) in [6.45, 7) is 1.87. The van der Waals surface area contributed by atoms with E-state index < -0.39 is 11.7 Å². The van der Waals surface area contributed by atoms with E-state index in [1.165, 1.54) is 6.07 Å². The van der Waals surface area contributed by atoms with Crippen LogP contribution in [0.5, 0.6) is 0 Å². The molecule has 0 saturated carbocycles. The van der Waals surface area contributed by atoms with Gasteiger partial charge in [-0.1, -0.05) is 41.9 Å². The van der Waals surface area contributed by atoms with E-state index in [0.29, 0.717) is 10.6 Å². The average molecular weight is 314 g/mol. The molecule has 2 aromatic rings. The van der Waals surface area contributed by atoms with Crippen molar-refractivity contribution in [3.05, 3.63) is 69.7 Å². The SMILES string of the molecule is CNC(c1cccc(C(F)(F)F)c1)c1cccc(C)c1Cl. The Morgan fingerprint density at radius 2 is 1.76 bits per heavy atom. The molecule has 0 spiro atoms. The van der Waals surface area contributed by atoms with E-state index in [1.54, 1.807) is 13.1 Å². The number of aryl methyl sites for hydroxylation is 1. The highest BCUT2D eigenvalue weighted by molar-refractivity contribution is 6.32. The first-order valence-electron chi connectivity index (χ1n) is 6.44. The van der Waals surface area contributed by atoms with Gasteiger partial charge in [0.2, 0.25) is 0 Å². The summed E-state index contributed by atoms with van der Waals surface area (Å²) in [5.41, 5.74) is 1.52. The van der Waals surface area contributed by atoms with Gasteiger partial charge in [-0.2, -0.15) is 13.2 Å². The Labute approximate surface area is 126 Å². The average Bonchev–Trinajstić information content (AvgIpc) is 2.44. The van der Waals surface area contributed by atoms with Crippen LogP contribution in [0.25, 0.3) is 0 Å². The summed E-state index contributed by atoms with van der Waals surface area (Å²) in [5.74, 6) is 0. The van der Waals surface area contributed by atoms with Crippen molar-refractivity contribution in [2.75, 3.05) is 7.05 Å². The number of hydrogen-bond acceptors (Lipinski definition) is 1. The van der Waals surface area contributed by atoms with Crippen LogP contribution in [0.2, 0.25) is 5.02 Å². The van der Waals surface area contributed by atoms with Gasteiger partial charge in [-0.15, -0.1) is 0 Å². The molecule has 5 heteroatoms. The van der Waals surface area contributed by atoms with Crippen molar-refractivity contribution in [2.45, 2.75) is 19.1 Å². The molecule has 1 N–H and O–H groups in total. The lowest BCUT2D eigenvalue weighted by molar-refractivity contribution is -0.137. The zero-order valence-electron chi connectivity index (χ0n) is 11.6. The quantitative estimate of drug-likeness (QED) is 0.843. The molecule has 0 heterocycles. The molecule has 0 aliphatic rings. The van der Waals surface area contributed by atoms with Crippen LogP contribution in [0, 0.1) is 6.92 Å². The molecule has 0 amide bonds. The van der Waals surface area contributed by atoms with Crippen LogP contribution in [0.4, 0.5) is 13.2 Å². The van der Waals surface area contributed by atoms with Crippen LogP contribution >= 0.6 is 11.6 Å². The van der Waals surface area contributed by atoms with Crippen LogP contribution in [0.15, 0.2) is 42.5 Å². The van der Waals surface area contributed by atoms with Gasteiger partial charge in [0.05, 0.1) is 11.6 Å². The lowest BCUT2D eigenvalue weighted by atomic mass is 9.96. The van der Waals surface area contributed by atoms with E-state index >= 15 is 0 Å². The summed E-state index contributed by atoms with van der Waals surface area (Å²) in [6, 6.07) is 10.4. The lowest BCUT2D eigenvalue weighted by Gasteiger charge is -2.20. The molecule has 112 valence electrons. The van der Waals surface area contributed by atoms with Crippen LogP contribution in [0.1, 0.15) is 28.3 Å². The maximum atomic E-state index is 12.8. The fourth-order valence-corrected chi connectivity index (χ4v) is 2.52. The van der Waals surface area contributed by atoms with E-state index in [-0.39, 0.29) is 6.04 Å². The number of halogens is 4. The van der Waals surface area contributed by atoms with Gasteiger partial charge in [-0.3, -0.25) is 0 Å². The molecule has 0 saturated heterocycles. The van der Waals surface area contributed by atoms with Crippen molar-refractivity contribution in [1.82, 2.24) is 5.32 Å². The molecule has 21 heavy (non-hydrogen) atoms. The number of benzene rings is 2. The molecule has 0 radical (unpaired) electrons. The Hall–Kier alpha value is -1.52. The van der Waals surface area contributed by atoms with Crippen molar-refractivity contribution >= 4 is 11.6 Å². The zero-order valence-corrected chi connectivity index (χ0v) is 12.4. The molecule has 0 aromatic heterocycles. The highest BCUT2D eigenvalue weighted by Gasteiger charge is 2.31. The second-order valence-corrected chi connectivity index (χ2v) is 5.20. The Balaban J connectivity index is 2.49. The van der Waals surface area contributed by atoms with Gasteiger partial charge in [0, 0.05) is 5.02 Å². The number of rotatable bonds is 3. The Morgan fingerprint density at radius 3 is 2.38 bits per heavy atom. The molecule has 0 fully saturated rings. The van der Waals surface area contributed by atoms with Gasteiger partial charge in [0.1, 0.15) is 0 Å². The van der Waals surface area contributed by atoms with Crippen molar-refractivity contribution in [2.24, 2.45) is 0 Å². The minimum atomic E-state index is -4.36. The van der Waals surface area contributed by atoms with E-state index in [1.807, 2.05) is 25.1 Å². The maximum Gasteiger partial charge on any atom is 0.416 e. The maximum absolute atomic E-state index is 12.8. The van der Waals surface area contributed by atoms with Crippen LogP contribution in [-0.4, -0.2) is 7.05 Å². The summed E-state index contributed by atoms with van der Waals surface area (Å²) in [5, 5.41) is 3.59. The molecular formula is C16H15ClF3N. The lowest BCUT2D eigenvalue weighted by Crippen LogP contribution is -2.19. The third-order valence-corrected chi connectivity index (χ3v) is 3.88. The number of hydrogen-bond donors (Lipinski definition) is 1. The first kappa shape index (κ1) is 15.9. The van der Waals surface area contributed by atoms with Crippen molar-refractivity contribution in [3.8, 4) is 0 Å². The molecule has 1 nitrogen and oxygen atoms in total.